The third kappa shape index (κ3) is 4.74. The van der Waals surface area contributed by atoms with Gasteiger partial charge in [-0.15, -0.1) is 0 Å². The molecule has 2 unspecified atom stereocenters. The normalized spacial score (nSPS) is 20.8. The van der Waals surface area contributed by atoms with Gasteiger partial charge in [-0.05, 0) is 17.8 Å². The third-order valence-electron chi connectivity index (χ3n) is 4.89. The molecule has 4 heteroatoms. The maximum absolute atomic E-state index is 12.4. The summed E-state index contributed by atoms with van der Waals surface area (Å²) in [4.78, 5) is 16.8. The fourth-order valence-electron chi connectivity index (χ4n) is 2.61. The van der Waals surface area contributed by atoms with Crippen LogP contribution in [0.15, 0.2) is 0 Å². The van der Waals surface area contributed by atoms with E-state index in [4.69, 9.17) is 5.73 Å². The third-order valence-corrected chi connectivity index (χ3v) is 4.89. The molecule has 2 atom stereocenters. The van der Waals surface area contributed by atoms with E-state index >= 15 is 0 Å². The molecule has 20 heavy (non-hydrogen) atoms. The zero-order valence-corrected chi connectivity index (χ0v) is 14.0. The highest BCUT2D eigenvalue weighted by Gasteiger charge is 2.28. The van der Waals surface area contributed by atoms with Gasteiger partial charge in [0.1, 0.15) is 0 Å². The average molecular weight is 283 g/mol. The van der Waals surface area contributed by atoms with Crippen LogP contribution >= 0.6 is 0 Å². The molecule has 118 valence electrons. The van der Waals surface area contributed by atoms with Crippen LogP contribution in [-0.4, -0.2) is 54.5 Å². The van der Waals surface area contributed by atoms with Crippen LogP contribution in [0.1, 0.15) is 47.5 Å². The summed E-state index contributed by atoms with van der Waals surface area (Å²) in [7, 11) is 0. The minimum Gasteiger partial charge on any atom is -0.340 e. The molecule has 1 aliphatic heterocycles. The second-order valence-corrected chi connectivity index (χ2v) is 7.19. The molecule has 0 aliphatic carbocycles. The van der Waals surface area contributed by atoms with Crippen LogP contribution in [0.5, 0.6) is 0 Å². The van der Waals surface area contributed by atoms with Crippen LogP contribution in [-0.2, 0) is 4.79 Å². The van der Waals surface area contributed by atoms with Crippen molar-refractivity contribution in [1.82, 2.24) is 9.80 Å². The Bertz CT molecular complexity index is 299. The topological polar surface area (TPSA) is 49.6 Å². The first-order chi connectivity index (χ1) is 9.29. The van der Waals surface area contributed by atoms with E-state index in [0.717, 1.165) is 32.6 Å². The summed E-state index contributed by atoms with van der Waals surface area (Å²) < 4.78 is 0. The van der Waals surface area contributed by atoms with Crippen LogP contribution in [0.25, 0.3) is 0 Å². The predicted molar refractivity (Wildman–Crippen MR) is 84.5 cm³/mol. The first-order valence-electron chi connectivity index (χ1n) is 8.01. The molecule has 1 saturated heterocycles. The first kappa shape index (κ1) is 17.4. The number of amides is 1. The van der Waals surface area contributed by atoms with E-state index in [-0.39, 0.29) is 5.41 Å². The largest absolute Gasteiger partial charge is 0.340 e. The molecule has 1 fully saturated rings. The Labute approximate surface area is 124 Å². The van der Waals surface area contributed by atoms with E-state index in [1.807, 2.05) is 4.90 Å². The second kappa shape index (κ2) is 7.41. The number of nitrogens with zero attached hydrogens (tertiary/aromatic N) is 2. The monoisotopic (exact) mass is 283 g/mol. The van der Waals surface area contributed by atoms with Crippen LogP contribution in [0.3, 0.4) is 0 Å². The zero-order valence-electron chi connectivity index (χ0n) is 14.0. The van der Waals surface area contributed by atoms with Gasteiger partial charge >= 0.3 is 0 Å². The number of carbonyl (C=O) groups excluding carboxylic acids is 1. The van der Waals surface area contributed by atoms with Crippen molar-refractivity contribution in [2.24, 2.45) is 17.1 Å². The molecule has 1 rings (SSSR count). The highest BCUT2D eigenvalue weighted by molar-refractivity contribution is 5.76. The minimum absolute atomic E-state index is 0.199. The fourth-order valence-corrected chi connectivity index (χ4v) is 2.61. The van der Waals surface area contributed by atoms with E-state index in [0.29, 0.717) is 30.8 Å². The molecular weight excluding hydrogens is 250 g/mol. The number of carbonyl (C=O) groups is 1. The van der Waals surface area contributed by atoms with Crippen LogP contribution < -0.4 is 5.73 Å². The summed E-state index contributed by atoms with van der Waals surface area (Å²) in [6.45, 7) is 15.3. The summed E-state index contributed by atoms with van der Waals surface area (Å²) in [5.41, 5.74) is 6.00. The van der Waals surface area contributed by atoms with Gasteiger partial charge in [-0.1, -0.05) is 34.6 Å². The van der Waals surface area contributed by atoms with Gasteiger partial charge in [0.25, 0.3) is 0 Å². The molecule has 0 aromatic heterocycles. The molecule has 1 amide bonds. The van der Waals surface area contributed by atoms with E-state index in [1.165, 1.54) is 0 Å². The van der Waals surface area contributed by atoms with Crippen LogP contribution in [0.4, 0.5) is 0 Å². The van der Waals surface area contributed by atoms with E-state index in [2.05, 4.69) is 39.5 Å². The standard InChI is InChI=1S/C16H33N3O/c1-6-14(12-17)18-7-9-19(10-8-18)15(20)11-13(2)16(3,4)5/h13-14H,6-12,17H2,1-5H3. The Balaban J connectivity index is 2.43. The summed E-state index contributed by atoms with van der Waals surface area (Å²) in [5, 5.41) is 0. The number of hydrogen-bond donors (Lipinski definition) is 1. The lowest BCUT2D eigenvalue weighted by Gasteiger charge is -2.39. The highest BCUT2D eigenvalue weighted by atomic mass is 16.2. The number of hydrogen-bond acceptors (Lipinski definition) is 3. The van der Waals surface area contributed by atoms with Crippen molar-refractivity contribution in [2.75, 3.05) is 32.7 Å². The van der Waals surface area contributed by atoms with Crippen molar-refractivity contribution < 1.29 is 4.79 Å². The van der Waals surface area contributed by atoms with Gasteiger partial charge in [0, 0.05) is 45.2 Å². The van der Waals surface area contributed by atoms with Crippen molar-refractivity contribution in [1.29, 1.82) is 0 Å². The number of piperazine rings is 1. The van der Waals surface area contributed by atoms with Crippen LogP contribution in [0.2, 0.25) is 0 Å². The Kier molecular flexibility index (Phi) is 6.46. The summed E-state index contributed by atoms with van der Waals surface area (Å²) in [6, 6.07) is 0.473. The minimum atomic E-state index is 0.199. The fraction of sp³-hybridized carbons (Fsp3) is 0.938. The molecule has 0 spiro atoms. The Morgan fingerprint density at radius 2 is 1.75 bits per heavy atom. The molecule has 0 radical (unpaired) electrons. The maximum atomic E-state index is 12.4. The predicted octanol–water partition coefficient (Wildman–Crippen LogP) is 1.94. The van der Waals surface area contributed by atoms with Crippen molar-refractivity contribution >= 4 is 5.91 Å². The van der Waals surface area contributed by atoms with E-state index < -0.39 is 0 Å². The summed E-state index contributed by atoms with van der Waals surface area (Å²) >= 11 is 0. The van der Waals surface area contributed by atoms with E-state index in [1.54, 1.807) is 0 Å². The average Bonchev–Trinajstić information content (AvgIpc) is 2.39. The second-order valence-electron chi connectivity index (χ2n) is 7.19. The van der Waals surface area contributed by atoms with E-state index in [9.17, 15) is 4.79 Å². The van der Waals surface area contributed by atoms with Crippen molar-refractivity contribution in [2.45, 2.75) is 53.5 Å². The molecule has 0 aromatic rings. The van der Waals surface area contributed by atoms with Gasteiger partial charge in [0.15, 0.2) is 0 Å². The molecule has 0 saturated carbocycles. The lowest BCUT2D eigenvalue weighted by molar-refractivity contribution is -0.135. The van der Waals surface area contributed by atoms with Gasteiger partial charge < -0.3 is 10.6 Å². The number of nitrogens with two attached hydrogens (primary N) is 1. The summed E-state index contributed by atoms with van der Waals surface area (Å²) in [5.74, 6) is 0.730. The quantitative estimate of drug-likeness (QED) is 0.839. The lowest BCUT2D eigenvalue weighted by Crippen LogP contribution is -2.53. The van der Waals surface area contributed by atoms with Gasteiger partial charge in [0.05, 0.1) is 0 Å². The molecule has 1 aliphatic rings. The molecule has 0 bridgehead atoms. The maximum Gasteiger partial charge on any atom is 0.222 e. The molecule has 1 heterocycles. The van der Waals surface area contributed by atoms with Crippen molar-refractivity contribution in [3.05, 3.63) is 0 Å². The summed E-state index contributed by atoms with van der Waals surface area (Å²) in [6.07, 6.45) is 1.75. The number of rotatable bonds is 5. The Morgan fingerprint density at radius 1 is 1.20 bits per heavy atom. The highest BCUT2D eigenvalue weighted by Crippen LogP contribution is 2.28. The van der Waals surface area contributed by atoms with Gasteiger partial charge in [-0.3, -0.25) is 9.69 Å². The van der Waals surface area contributed by atoms with Crippen molar-refractivity contribution in [3.8, 4) is 0 Å². The van der Waals surface area contributed by atoms with Crippen molar-refractivity contribution in [3.63, 3.8) is 0 Å². The SMILES string of the molecule is CCC(CN)N1CCN(C(=O)CC(C)C(C)(C)C)CC1. The van der Waals surface area contributed by atoms with Gasteiger partial charge in [0.2, 0.25) is 5.91 Å². The van der Waals surface area contributed by atoms with Crippen LogP contribution in [0, 0.1) is 11.3 Å². The molecular formula is C16H33N3O. The molecule has 2 N–H and O–H groups in total. The molecule has 4 nitrogen and oxygen atoms in total. The van der Waals surface area contributed by atoms with Gasteiger partial charge in [-0.2, -0.15) is 0 Å². The Hall–Kier alpha value is -0.610. The molecule has 0 aromatic carbocycles. The Morgan fingerprint density at radius 3 is 2.15 bits per heavy atom. The van der Waals surface area contributed by atoms with Gasteiger partial charge in [-0.25, -0.2) is 0 Å². The zero-order chi connectivity index (χ0) is 15.3. The lowest BCUT2D eigenvalue weighted by atomic mass is 9.80. The first-order valence-corrected chi connectivity index (χ1v) is 8.01. The smallest absolute Gasteiger partial charge is 0.222 e.